The molecule has 0 aromatic heterocycles. The largest absolute Gasteiger partial charge is 0.493 e. The van der Waals surface area contributed by atoms with E-state index in [9.17, 15) is 18.0 Å². The summed E-state index contributed by atoms with van der Waals surface area (Å²) in [6, 6.07) is 7.13. The zero-order valence-corrected chi connectivity index (χ0v) is 13.8. The number of hydrogen-bond acceptors (Lipinski definition) is 3. The van der Waals surface area contributed by atoms with Crippen LogP contribution in [0.25, 0.3) is 0 Å². The summed E-state index contributed by atoms with van der Waals surface area (Å²) in [5.74, 6) is 0.868. The molecule has 0 unspecified atom stereocenters. The zero-order chi connectivity index (χ0) is 18.6. The van der Waals surface area contributed by atoms with Gasteiger partial charge in [0.25, 0.3) is 0 Å². The van der Waals surface area contributed by atoms with Crippen LogP contribution in [0.5, 0.6) is 11.5 Å². The van der Waals surface area contributed by atoms with Crippen LogP contribution >= 0.6 is 0 Å². The van der Waals surface area contributed by atoms with Crippen LogP contribution in [-0.2, 0) is 6.18 Å². The van der Waals surface area contributed by atoms with Gasteiger partial charge in [0.1, 0.15) is 0 Å². The fourth-order valence-corrected chi connectivity index (χ4v) is 2.23. The molecular formula is C17H17F3N2O3. The van der Waals surface area contributed by atoms with E-state index in [1.807, 2.05) is 0 Å². The van der Waals surface area contributed by atoms with E-state index in [0.29, 0.717) is 22.7 Å². The lowest BCUT2D eigenvalue weighted by Gasteiger charge is -2.16. The van der Waals surface area contributed by atoms with Gasteiger partial charge in [0.2, 0.25) is 0 Å². The molecule has 134 valence electrons. The Morgan fingerprint density at radius 2 is 1.52 bits per heavy atom. The molecule has 0 aliphatic carbocycles. The lowest BCUT2D eigenvalue weighted by molar-refractivity contribution is -0.136. The monoisotopic (exact) mass is 354 g/mol. The molecule has 0 fully saturated rings. The minimum atomic E-state index is -4.57. The quantitative estimate of drug-likeness (QED) is 0.838. The molecule has 25 heavy (non-hydrogen) atoms. The van der Waals surface area contributed by atoms with Crippen molar-refractivity contribution in [2.45, 2.75) is 13.1 Å². The van der Waals surface area contributed by atoms with Gasteiger partial charge in [-0.05, 0) is 30.7 Å². The first kappa shape index (κ1) is 18.4. The number of rotatable bonds is 4. The Morgan fingerprint density at radius 1 is 0.960 bits per heavy atom. The number of ether oxygens (including phenoxy) is 2. The van der Waals surface area contributed by atoms with Crippen molar-refractivity contribution >= 4 is 17.4 Å². The first-order valence-corrected chi connectivity index (χ1v) is 7.23. The number of carbonyl (C=O) groups is 1. The van der Waals surface area contributed by atoms with Gasteiger partial charge in [-0.2, -0.15) is 13.2 Å². The van der Waals surface area contributed by atoms with Crippen LogP contribution in [0.4, 0.5) is 29.3 Å². The second-order valence-corrected chi connectivity index (χ2v) is 5.14. The molecule has 2 aromatic rings. The van der Waals surface area contributed by atoms with Crippen LogP contribution in [0, 0.1) is 6.92 Å². The van der Waals surface area contributed by atoms with Crippen molar-refractivity contribution in [1.82, 2.24) is 0 Å². The van der Waals surface area contributed by atoms with Crippen LogP contribution in [0.1, 0.15) is 11.1 Å². The lowest BCUT2D eigenvalue weighted by atomic mass is 10.1. The third-order valence-corrected chi connectivity index (χ3v) is 3.46. The molecule has 0 aliphatic heterocycles. The van der Waals surface area contributed by atoms with Crippen LogP contribution in [-0.4, -0.2) is 20.3 Å². The molecule has 5 nitrogen and oxygen atoms in total. The van der Waals surface area contributed by atoms with E-state index in [4.69, 9.17) is 9.47 Å². The molecule has 0 aliphatic rings. The maximum absolute atomic E-state index is 13.0. The Labute approximate surface area is 142 Å². The fourth-order valence-electron chi connectivity index (χ4n) is 2.23. The van der Waals surface area contributed by atoms with Gasteiger partial charge in [0.15, 0.2) is 11.5 Å². The topological polar surface area (TPSA) is 59.6 Å². The maximum Gasteiger partial charge on any atom is 0.418 e. The van der Waals surface area contributed by atoms with Gasteiger partial charge in [0.05, 0.1) is 25.5 Å². The number of anilines is 2. The van der Waals surface area contributed by atoms with E-state index in [2.05, 4.69) is 10.6 Å². The smallest absolute Gasteiger partial charge is 0.418 e. The molecule has 0 atom stereocenters. The predicted octanol–water partition coefficient (Wildman–Crippen LogP) is 4.68. The third kappa shape index (κ3) is 4.34. The zero-order valence-electron chi connectivity index (χ0n) is 13.8. The number of halogens is 3. The summed E-state index contributed by atoms with van der Waals surface area (Å²) >= 11 is 0. The van der Waals surface area contributed by atoms with Crippen molar-refractivity contribution in [3.63, 3.8) is 0 Å². The van der Waals surface area contributed by atoms with E-state index >= 15 is 0 Å². The van der Waals surface area contributed by atoms with Crippen molar-refractivity contribution in [1.29, 1.82) is 0 Å². The minimum Gasteiger partial charge on any atom is -0.493 e. The standard InChI is InChI=1S/C17H17F3N2O3/c1-10-8-14(24-2)15(25-3)9-13(10)22-16(23)21-12-7-5-4-6-11(12)17(18,19)20/h4-9H,1-3H3,(H2,21,22,23). The molecule has 2 aromatic carbocycles. The molecule has 0 saturated heterocycles. The highest BCUT2D eigenvalue weighted by molar-refractivity contribution is 6.01. The van der Waals surface area contributed by atoms with Crippen LogP contribution in [0.3, 0.4) is 0 Å². The number of para-hydroxylation sites is 1. The molecular weight excluding hydrogens is 337 g/mol. The number of aryl methyl sites for hydroxylation is 1. The molecule has 2 N–H and O–H groups in total. The first-order valence-electron chi connectivity index (χ1n) is 7.23. The van der Waals surface area contributed by atoms with Gasteiger partial charge < -0.3 is 20.1 Å². The number of alkyl halides is 3. The summed E-state index contributed by atoms with van der Waals surface area (Å²) in [6.45, 7) is 1.72. The van der Waals surface area contributed by atoms with Gasteiger partial charge in [-0.1, -0.05) is 12.1 Å². The van der Waals surface area contributed by atoms with E-state index in [0.717, 1.165) is 6.07 Å². The second kappa shape index (κ2) is 7.33. The summed E-state index contributed by atoms with van der Waals surface area (Å²) < 4.78 is 49.2. The number of benzene rings is 2. The van der Waals surface area contributed by atoms with Crippen molar-refractivity contribution < 1.29 is 27.4 Å². The highest BCUT2D eigenvalue weighted by Gasteiger charge is 2.33. The van der Waals surface area contributed by atoms with Gasteiger partial charge in [-0.3, -0.25) is 0 Å². The Morgan fingerprint density at radius 3 is 2.12 bits per heavy atom. The number of nitrogens with one attached hydrogen (secondary N) is 2. The SMILES string of the molecule is COc1cc(C)c(NC(=O)Nc2ccccc2C(F)(F)F)cc1OC. The normalized spacial score (nSPS) is 11.0. The summed E-state index contributed by atoms with van der Waals surface area (Å²) in [4.78, 5) is 12.1. The van der Waals surface area contributed by atoms with Crippen LogP contribution in [0.15, 0.2) is 36.4 Å². The Bertz CT molecular complexity index is 776. The van der Waals surface area contributed by atoms with Crippen molar-refractivity contribution in [2.75, 3.05) is 24.9 Å². The number of hydrogen-bond donors (Lipinski definition) is 2. The summed E-state index contributed by atoms with van der Waals surface area (Å²) in [7, 11) is 2.92. The van der Waals surface area contributed by atoms with Gasteiger partial charge >= 0.3 is 12.2 Å². The Kier molecular flexibility index (Phi) is 5.41. The number of carbonyl (C=O) groups excluding carboxylic acids is 1. The van der Waals surface area contributed by atoms with Crippen molar-refractivity contribution in [3.05, 3.63) is 47.5 Å². The molecule has 2 rings (SSSR count). The molecule has 0 bridgehead atoms. The highest BCUT2D eigenvalue weighted by Crippen LogP contribution is 2.35. The molecule has 0 radical (unpaired) electrons. The van der Waals surface area contributed by atoms with Crippen LogP contribution in [0.2, 0.25) is 0 Å². The van der Waals surface area contributed by atoms with Crippen molar-refractivity contribution in [3.8, 4) is 11.5 Å². The fraction of sp³-hybridized carbons (Fsp3) is 0.235. The van der Waals surface area contributed by atoms with E-state index in [-0.39, 0.29) is 5.69 Å². The number of amides is 2. The second-order valence-electron chi connectivity index (χ2n) is 5.14. The van der Waals surface area contributed by atoms with Crippen molar-refractivity contribution in [2.24, 2.45) is 0 Å². The summed E-state index contributed by atoms with van der Waals surface area (Å²) in [5, 5.41) is 4.73. The first-order chi connectivity index (χ1) is 11.8. The predicted molar refractivity (Wildman–Crippen MR) is 88.4 cm³/mol. The summed E-state index contributed by atoms with van der Waals surface area (Å²) in [6.07, 6.45) is -4.57. The van der Waals surface area contributed by atoms with E-state index < -0.39 is 17.8 Å². The molecule has 8 heteroatoms. The number of urea groups is 1. The minimum absolute atomic E-state index is 0.328. The maximum atomic E-state index is 13.0. The van der Waals surface area contributed by atoms with Gasteiger partial charge in [-0.25, -0.2) is 4.79 Å². The third-order valence-electron chi connectivity index (χ3n) is 3.46. The summed E-state index contributed by atoms with van der Waals surface area (Å²) in [5.41, 5.74) is -0.198. The molecule has 0 heterocycles. The Hall–Kier alpha value is -2.90. The lowest BCUT2D eigenvalue weighted by Crippen LogP contribution is -2.22. The van der Waals surface area contributed by atoms with E-state index in [1.54, 1.807) is 13.0 Å². The highest BCUT2D eigenvalue weighted by atomic mass is 19.4. The Balaban J connectivity index is 2.22. The number of methoxy groups -OCH3 is 2. The molecule has 2 amide bonds. The van der Waals surface area contributed by atoms with E-state index in [1.165, 1.54) is 38.5 Å². The molecule has 0 saturated carbocycles. The van der Waals surface area contributed by atoms with Gasteiger partial charge in [-0.15, -0.1) is 0 Å². The average Bonchev–Trinajstić information content (AvgIpc) is 2.55. The molecule has 0 spiro atoms. The average molecular weight is 354 g/mol. The van der Waals surface area contributed by atoms with Gasteiger partial charge in [0, 0.05) is 11.8 Å². The van der Waals surface area contributed by atoms with Crippen LogP contribution < -0.4 is 20.1 Å².